The lowest BCUT2D eigenvalue weighted by Gasteiger charge is -2.08. The van der Waals surface area contributed by atoms with Crippen LogP contribution in [0.15, 0.2) is 29.3 Å². The summed E-state index contributed by atoms with van der Waals surface area (Å²) in [5.74, 6) is 0.559. The standard InChI is InChI=1S/C10H11F3N2.ClH/c1-14-9(15-2)7-3-5-8(6-4-7)10(11,12)13;/h3-6H,1-2H3,(H,14,15);1H. The fraction of sp³-hybridized carbons (Fsp3) is 0.300. The van der Waals surface area contributed by atoms with Gasteiger partial charge in [0.1, 0.15) is 5.84 Å². The van der Waals surface area contributed by atoms with E-state index < -0.39 is 11.7 Å². The number of hydrogen-bond donors (Lipinski definition) is 1. The SMILES string of the molecule is CN=C(NC)c1ccc(C(F)(F)F)cc1.Cl. The Bertz CT molecular complexity index is 357. The maximum atomic E-state index is 12.2. The third kappa shape index (κ3) is 3.41. The van der Waals surface area contributed by atoms with Crippen molar-refractivity contribution in [2.75, 3.05) is 14.1 Å². The van der Waals surface area contributed by atoms with Gasteiger partial charge in [-0.1, -0.05) is 12.1 Å². The number of nitrogens with one attached hydrogen (secondary N) is 1. The van der Waals surface area contributed by atoms with Crippen molar-refractivity contribution in [3.8, 4) is 0 Å². The van der Waals surface area contributed by atoms with E-state index in [1.54, 1.807) is 14.1 Å². The Kier molecular flexibility index (Phi) is 5.30. The summed E-state index contributed by atoms with van der Waals surface area (Å²) in [6.07, 6.45) is -4.29. The van der Waals surface area contributed by atoms with Crippen molar-refractivity contribution < 1.29 is 13.2 Å². The molecule has 1 aromatic rings. The molecule has 1 aromatic carbocycles. The van der Waals surface area contributed by atoms with E-state index in [4.69, 9.17) is 0 Å². The molecule has 0 aliphatic rings. The van der Waals surface area contributed by atoms with Gasteiger partial charge in [0.2, 0.25) is 0 Å². The molecule has 1 rings (SSSR count). The van der Waals surface area contributed by atoms with Crippen LogP contribution in [0.25, 0.3) is 0 Å². The molecule has 0 heterocycles. The number of benzene rings is 1. The molecule has 16 heavy (non-hydrogen) atoms. The van der Waals surface area contributed by atoms with Crippen LogP contribution in [0.3, 0.4) is 0 Å². The lowest BCUT2D eigenvalue weighted by atomic mass is 10.1. The molecule has 6 heteroatoms. The zero-order chi connectivity index (χ0) is 11.5. The van der Waals surface area contributed by atoms with E-state index in [-0.39, 0.29) is 12.4 Å². The van der Waals surface area contributed by atoms with E-state index in [1.807, 2.05) is 0 Å². The summed E-state index contributed by atoms with van der Waals surface area (Å²) in [4.78, 5) is 3.89. The van der Waals surface area contributed by atoms with E-state index in [0.717, 1.165) is 12.1 Å². The summed E-state index contributed by atoms with van der Waals surface area (Å²) in [6.45, 7) is 0. The summed E-state index contributed by atoms with van der Waals surface area (Å²) in [5.41, 5.74) is -0.0224. The molecule has 0 amide bonds. The number of nitrogens with zero attached hydrogens (tertiary/aromatic N) is 1. The third-order valence-electron chi connectivity index (χ3n) is 1.95. The van der Waals surface area contributed by atoms with Gasteiger partial charge in [0.15, 0.2) is 0 Å². The minimum absolute atomic E-state index is 0. The van der Waals surface area contributed by atoms with Crippen LogP contribution >= 0.6 is 12.4 Å². The highest BCUT2D eigenvalue weighted by Gasteiger charge is 2.29. The second-order valence-electron chi connectivity index (χ2n) is 2.90. The molecule has 1 N–H and O–H groups in total. The van der Waals surface area contributed by atoms with E-state index >= 15 is 0 Å². The van der Waals surface area contributed by atoms with Crippen molar-refractivity contribution >= 4 is 18.2 Å². The molecule has 0 unspecified atom stereocenters. The second-order valence-corrected chi connectivity index (χ2v) is 2.90. The van der Waals surface area contributed by atoms with Gasteiger partial charge < -0.3 is 5.32 Å². The molecule has 0 radical (unpaired) electrons. The zero-order valence-corrected chi connectivity index (χ0v) is 9.62. The lowest BCUT2D eigenvalue weighted by molar-refractivity contribution is -0.137. The Morgan fingerprint density at radius 1 is 1.19 bits per heavy atom. The van der Waals surface area contributed by atoms with Crippen molar-refractivity contribution in [3.05, 3.63) is 35.4 Å². The number of alkyl halides is 3. The van der Waals surface area contributed by atoms with Crippen LogP contribution in [0.5, 0.6) is 0 Å². The van der Waals surface area contributed by atoms with Crippen molar-refractivity contribution in [1.82, 2.24) is 5.32 Å². The van der Waals surface area contributed by atoms with Crippen LogP contribution in [0.1, 0.15) is 11.1 Å². The first kappa shape index (κ1) is 14.8. The second kappa shape index (κ2) is 5.75. The van der Waals surface area contributed by atoms with Gasteiger partial charge in [0, 0.05) is 19.7 Å². The van der Waals surface area contributed by atoms with E-state index in [0.29, 0.717) is 11.4 Å². The highest BCUT2D eigenvalue weighted by atomic mass is 35.5. The first-order chi connectivity index (χ1) is 6.99. The van der Waals surface area contributed by atoms with E-state index in [9.17, 15) is 13.2 Å². The maximum Gasteiger partial charge on any atom is 0.416 e. The Morgan fingerprint density at radius 3 is 2.00 bits per heavy atom. The first-order valence-corrected chi connectivity index (χ1v) is 4.31. The molecule has 0 bridgehead atoms. The molecule has 0 fully saturated rings. The predicted molar refractivity (Wildman–Crippen MR) is 60.2 cm³/mol. The lowest BCUT2D eigenvalue weighted by Crippen LogP contribution is -2.19. The Morgan fingerprint density at radius 2 is 1.69 bits per heavy atom. The molecule has 0 spiro atoms. The van der Waals surface area contributed by atoms with Gasteiger partial charge in [-0.05, 0) is 12.1 Å². The summed E-state index contributed by atoms with van der Waals surface area (Å²) >= 11 is 0. The topological polar surface area (TPSA) is 24.4 Å². The number of rotatable bonds is 1. The molecule has 0 aromatic heterocycles. The maximum absolute atomic E-state index is 12.2. The number of amidine groups is 1. The molecule has 0 aliphatic heterocycles. The van der Waals surface area contributed by atoms with Crippen LogP contribution in [-0.4, -0.2) is 19.9 Å². The predicted octanol–water partition coefficient (Wildman–Crippen LogP) is 2.72. The first-order valence-electron chi connectivity index (χ1n) is 4.31. The summed E-state index contributed by atoms with van der Waals surface area (Å²) in [7, 11) is 3.24. The minimum atomic E-state index is -4.29. The van der Waals surface area contributed by atoms with Crippen LogP contribution in [0, 0.1) is 0 Å². The van der Waals surface area contributed by atoms with Crippen molar-refractivity contribution in [3.63, 3.8) is 0 Å². The van der Waals surface area contributed by atoms with Crippen LogP contribution in [-0.2, 0) is 6.18 Å². The van der Waals surface area contributed by atoms with Crippen molar-refractivity contribution in [2.45, 2.75) is 6.18 Å². The van der Waals surface area contributed by atoms with Crippen molar-refractivity contribution in [2.24, 2.45) is 4.99 Å². The molecular formula is C10H12ClF3N2. The normalized spacial score (nSPS) is 11.9. The fourth-order valence-electron chi connectivity index (χ4n) is 1.20. The van der Waals surface area contributed by atoms with Crippen LogP contribution < -0.4 is 5.32 Å². The molecular weight excluding hydrogens is 241 g/mol. The molecule has 90 valence electrons. The van der Waals surface area contributed by atoms with Gasteiger partial charge in [0.05, 0.1) is 5.56 Å². The average molecular weight is 253 g/mol. The molecule has 2 nitrogen and oxygen atoms in total. The van der Waals surface area contributed by atoms with Gasteiger partial charge in [-0.3, -0.25) is 4.99 Å². The average Bonchev–Trinajstić information content (AvgIpc) is 2.19. The minimum Gasteiger partial charge on any atom is -0.373 e. The molecule has 0 aliphatic carbocycles. The van der Waals surface area contributed by atoms with Crippen LogP contribution in [0.2, 0.25) is 0 Å². The van der Waals surface area contributed by atoms with Gasteiger partial charge in [-0.15, -0.1) is 12.4 Å². The van der Waals surface area contributed by atoms with Crippen molar-refractivity contribution in [1.29, 1.82) is 0 Å². The number of hydrogen-bond acceptors (Lipinski definition) is 1. The Hall–Kier alpha value is -1.23. The van der Waals surface area contributed by atoms with Gasteiger partial charge in [0.25, 0.3) is 0 Å². The Balaban J connectivity index is 0.00000225. The van der Waals surface area contributed by atoms with Gasteiger partial charge in [-0.2, -0.15) is 13.2 Å². The summed E-state index contributed by atoms with van der Waals surface area (Å²) in [6, 6.07) is 4.86. The number of aliphatic imine (C=N–C) groups is 1. The van der Waals surface area contributed by atoms with Gasteiger partial charge in [-0.25, -0.2) is 0 Å². The van der Waals surface area contributed by atoms with E-state index in [2.05, 4.69) is 10.3 Å². The highest BCUT2D eigenvalue weighted by Crippen LogP contribution is 2.28. The molecule has 0 atom stereocenters. The smallest absolute Gasteiger partial charge is 0.373 e. The third-order valence-corrected chi connectivity index (χ3v) is 1.95. The molecule has 0 saturated carbocycles. The number of halogens is 4. The van der Waals surface area contributed by atoms with Crippen LogP contribution in [0.4, 0.5) is 13.2 Å². The highest BCUT2D eigenvalue weighted by molar-refractivity contribution is 5.98. The Labute approximate surface area is 98.0 Å². The van der Waals surface area contributed by atoms with Gasteiger partial charge >= 0.3 is 6.18 Å². The molecule has 0 saturated heterocycles. The monoisotopic (exact) mass is 252 g/mol. The van der Waals surface area contributed by atoms with E-state index in [1.165, 1.54) is 12.1 Å². The summed E-state index contributed by atoms with van der Waals surface area (Å²) < 4.78 is 36.7. The largest absolute Gasteiger partial charge is 0.416 e. The fourth-order valence-corrected chi connectivity index (χ4v) is 1.20. The quantitative estimate of drug-likeness (QED) is 0.603. The summed E-state index contributed by atoms with van der Waals surface area (Å²) in [5, 5.41) is 2.79. The zero-order valence-electron chi connectivity index (χ0n) is 8.80.